The minimum atomic E-state index is -4.79. The number of aliphatic hydroxyl groups excluding tert-OH is 1. The summed E-state index contributed by atoms with van der Waals surface area (Å²) in [5.41, 5.74) is 1.70. The van der Waals surface area contributed by atoms with Gasteiger partial charge < -0.3 is 15.2 Å². The molecule has 0 saturated carbocycles. The smallest absolute Gasteiger partial charge is 0.406 e. The number of carbonyl (C=O) groups is 1. The number of fused-ring (bicyclic) bond motifs is 1. The molecule has 0 aliphatic heterocycles. The van der Waals surface area contributed by atoms with E-state index in [2.05, 4.69) is 20.1 Å². The molecule has 0 aliphatic carbocycles. The second-order valence-corrected chi connectivity index (χ2v) is 5.55. The molecule has 10 heteroatoms. The number of aliphatic hydroxyl groups is 1. The van der Waals surface area contributed by atoms with Gasteiger partial charge in [-0.05, 0) is 41.8 Å². The monoisotopic (exact) mass is 390 g/mol. The molecule has 7 nitrogen and oxygen atoms in total. The Morgan fingerprint density at radius 2 is 2.00 bits per heavy atom. The average Bonchev–Trinajstić information content (AvgIpc) is 3.04. The maximum atomic E-state index is 12.3. The Morgan fingerprint density at radius 3 is 2.61 bits per heavy atom. The van der Waals surface area contributed by atoms with Crippen molar-refractivity contribution in [1.82, 2.24) is 20.1 Å². The highest BCUT2D eigenvalue weighted by atomic mass is 19.4. The minimum absolute atomic E-state index is 0.0134. The van der Waals surface area contributed by atoms with E-state index in [0.29, 0.717) is 28.0 Å². The first-order valence-corrected chi connectivity index (χ1v) is 7.89. The van der Waals surface area contributed by atoms with Gasteiger partial charge in [-0.2, -0.15) is 5.10 Å². The number of benzene rings is 1. The Bertz CT molecular complexity index is 1050. The summed E-state index contributed by atoms with van der Waals surface area (Å²) in [6, 6.07) is 6.65. The second kappa shape index (κ2) is 7.58. The predicted octanol–water partition coefficient (Wildman–Crippen LogP) is 2.06. The van der Waals surface area contributed by atoms with Gasteiger partial charge in [0, 0.05) is 11.6 Å². The number of hydrogen-bond donors (Lipinski definition) is 2. The third kappa shape index (κ3) is 4.05. The van der Waals surface area contributed by atoms with Gasteiger partial charge in [-0.15, -0.1) is 19.6 Å². The van der Waals surface area contributed by atoms with Crippen LogP contribution in [0.15, 0.2) is 36.5 Å². The van der Waals surface area contributed by atoms with E-state index >= 15 is 0 Å². The molecule has 2 heterocycles. The summed E-state index contributed by atoms with van der Waals surface area (Å²) in [6.07, 6.45) is 1.70. The second-order valence-electron chi connectivity index (χ2n) is 5.55. The van der Waals surface area contributed by atoms with Crippen LogP contribution in [0.25, 0.3) is 16.7 Å². The van der Waals surface area contributed by atoms with Crippen LogP contribution in [0.3, 0.4) is 0 Å². The van der Waals surface area contributed by atoms with E-state index in [4.69, 9.17) is 6.42 Å². The summed E-state index contributed by atoms with van der Waals surface area (Å²) in [6.45, 7) is -0.306. The Balaban J connectivity index is 2.04. The fourth-order valence-electron chi connectivity index (χ4n) is 2.62. The van der Waals surface area contributed by atoms with Crippen molar-refractivity contribution in [2.24, 2.45) is 0 Å². The number of hydrogen-bond acceptors (Lipinski definition) is 5. The fraction of sp³-hybridized carbons (Fsp3) is 0.167. The molecule has 2 N–H and O–H groups in total. The minimum Gasteiger partial charge on any atom is -0.406 e. The van der Waals surface area contributed by atoms with Crippen LogP contribution in [-0.4, -0.2) is 32.1 Å². The Labute approximate surface area is 156 Å². The van der Waals surface area contributed by atoms with Crippen molar-refractivity contribution in [3.05, 3.63) is 47.8 Å². The van der Waals surface area contributed by atoms with Gasteiger partial charge >= 0.3 is 6.36 Å². The molecule has 0 bridgehead atoms. The van der Waals surface area contributed by atoms with E-state index in [-0.39, 0.29) is 18.9 Å². The largest absolute Gasteiger partial charge is 0.573 e. The number of halogens is 3. The predicted molar refractivity (Wildman–Crippen MR) is 92.2 cm³/mol. The Morgan fingerprint density at radius 1 is 1.29 bits per heavy atom. The van der Waals surface area contributed by atoms with Crippen LogP contribution in [0.4, 0.5) is 13.2 Å². The van der Waals surface area contributed by atoms with Crippen LogP contribution in [-0.2, 0) is 17.9 Å². The van der Waals surface area contributed by atoms with Crippen molar-refractivity contribution in [2.45, 2.75) is 19.5 Å². The fourth-order valence-corrected chi connectivity index (χ4v) is 2.62. The van der Waals surface area contributed by atoms with Gasteiger partial charge in [-0.1, -0.05) is 0 Å². The van der Waals surface area contributed by atoms with Gasteiger partial charge in [0.25, 0.3) is 5.91 Å². The maximum absolute atomic E-state index is 12.3. The molecule has 0 aliphatic rings. The van der Waals surface area contributed by atoms with Crippen molar-refractivity contribution in [2.75, 3.05) is 0 Å². The van der Waals surface area contributed by atoms with E-state index in [1.165, 1.54) is 23.0 Å². The summed E-state index contributed by atoms with van der Waals surface area (Å²) in [7, 11) is 0. The Kier molecular flexibility index (Phi) is 5.19. The zero-order valence-corrected chi connectivity index (χ0v) is 14.2. The van der Waals surface area contributed by atoms with E-state index < -0.39 is 12.3 Å². The highest BCUT2D eigenvalue weighted by Gasteiger charge is 2.31. The summed E-state index contributed by atoms with van der Waals surface area (Å²) < 4.78 is 42.2. The van der Waals surface area contributed by atoms with Gasteiger partial charge in [-0.3, -0.25) is 4.79 Å². The molecule has 3 aromatic rings. The average molecular weight is 390 g/mol. The summed E-state index contributed by atoms with van der Waals surface area (Å²) in [5.74, 6) is 0.910. The van der Waals surface area contributed by atoms with Crippen LogP contribution in [0.5, 0.6) is 5.75 Å². The first kappa shape index (κ1) is 19.2. The molecule has 144 valence electrons. The molecule has 0 unspecified atom stereocenters. The van der Waals surface area contributed by atoms with Gasteiger partial charge in [0.15, 0.2) is 5.65 Å². The quantitative estimate of drug-likeness (QED) is 0.651. The molecule has 3 rings (SSSR count). The van der Waals surface area contributed by atoms with Crippen molar-refractivity contribution < 1.29 is 27.8 Å². The maximum Gasteiger partial charge on any atom is 0.573 e. The van der Waals surface area contributed by atoms with Gasteiger partial charge in [0.1, 0.15) is 5.75 Å². The zero-order valence-electron chi connectivity index (χ0n) is 14.2. The van der Waals surface area contributed by atoms with E-state index in [0.717, 1.165) is 12.1 Å². The molecule has 1 aromatic carbocycles. The van der Waals surface area contributed by atoms with Gasteiger partial charge in [0.05, 0.1) is 24.5 Å². The number of amides is 1. The number of ether oxygens (including phenoxy) is 1. The van der Waals surface area contributed by atoms with Crippen molar-refractivity contribution in [1.29, 1.82) is 0 Å². The number of nitrogens with zero attached hydrogens (tertiary/aromatic N) is 3. The summed E-state index contributed by atoms with van der Waals surface area (Å²) in [5, 5.41) is 17.0. The first-order chi connectivity index (χ1) is 13.3. The van der Waals surface area contributed by atoms with Crippen LogP contribution in [0.2, 0.25) is 0 Å². The Hall–Kier alpha value is -3.58. The summed E-state index contributed by atoms with van der Waals surface area (Å²) >= 11 is 0. The van der Waals surface area contributed by atoms with Gasteiger partial charge in [-0.25, -0.2) is 9.67 Å². The van der Waals surface area contributed by atoms with Crippen LogP contribution in [0, 0.1) is 12.3 Å². The lowest BCUT2D eigenvalue weighted by molar-refractivity contribution is -0.274. The van der Waals surface area contributed by atoms with E-state index in [9.17, 15) is 23.1 Å². The van der Waals surface area contributed by atoms with Crippen molar-refractivity contribution >= 4 is 16.9 Å². The third-order valence-electron chi connectivity index (χ3n) is 3.76. The molecule has 0 fully saturated rings. The molecule has 0 radical (unpaired) electrons. The van der Waals surface area contributed by atoms with Crippen molar-refractivity contribution in [3.63, 3.8) is 0 Å². The molecule has 28 heavy (non-hydrogen) atoms. The topological polar surface area (TPSA) is 89.3 Å². The van der Waals surface area contributed by atoms with E-state index in [1.807, 2.05) is 5.92 Å². The zero-order chi connectivity index (χ0) is 20.3. The van der Waals surface area contributed by atoms with Crippen LogP contribution >= 0.6 is 0 Å². The van der Waals surface area contributed by atoms with Gasteiger partial charge in [0.2, 0.25) is 0 Å². The van der Waals surface area contributed by atoms with Crippen molar-refractivity contribution in [3.8, 4) is 23.8 Å². The van der Waals surface area contributed by atoms with E-state index in [1.54, 1.807) is 6.07 Å². The summed E-state index contributed by atoms with van der Waals surface area (Å²) in [4.78, 5) is 15.6. The number of aromatic nitrogens is 3. The molecule has 0 saturated heterocycles. The molecular weight excluding hydrogens is 377 g/mol. The molecule has 1 amide bonds. The number of pyridine rings is 1. The lowest BCUT2D eigenvalue weighted by atomic mass is 10.1. The lowest BCUT2D eigenvalue weighted by Crippen LogP contribution is -2.21. The number of nitrogens with one attached hydrogen (secondary N) is 1. The highest BCUT2D eigenvalue weighted by molar-refractivity contribution is 5.93. The van der Waals surface area contributed by atoms with Crippen LogP contribution in [0.1, 0.15) is 11.3 Å². The van der Waals surface area contributed by atoms with Crippen LogP contribution < -0.4 is 10.1 Å². The third-order valence-corrected chi connectivity index (χ3v) is 3.76. The number of carbonyl (C=O) groups excluding carboxylic acids is 1. The number of alkyl halides is 3. The normalized spacial score (nSPS) is 11.2. The standard InChI is InChI=1S/C18H13F3N4O3/c1-2-15(27)23-9-14-16-11(10-26)7-8-22-17(16)25(24-14)12-3-5-13(6-4-12)28-18(19,20)21/h1,3-8,26H,9-10H2,(H,23,27). The lowest BCUT2D eigenvalue weighted by Gasteiger charge is -2.09. The molecular formula is C18H13F3N4O3. The first-order valence-electron chi connectivity index (χ1n) is 7.89. The molecule has 0 atom stereocenters. The SMILES string of the molecule is C#CC(=O)NCc1nn(-c2ccc(OC(F)(F)F)cc2)c2nccc(CO)c12. The number of rotatable bonds is 5. The molecule has 0 spiro atoms. The number of terminal acetylenes is 1. The highest BCUT2D eigenvalue weighted by Crippen LogP contribution is 2.27. The molecule has 2 aromatic heterocycles.